The van der Waals surface area contributed by atoms with Crippen LogP contribution in [0, 0.1) is 0 Å². The molecule has 0 aliphatic heterocycles. The Hall–Kier alpha value is -0.120. The Labute approximate surface area is 68.9 Å². The zero-order valence-corrected chi connectivity index (χ0v) is 7.51. The largest absolute Gasteiger partial charge is 0.385 e. The third-order valence-electron chi connectivity index (χ3n) is 1.37. The number of nitrogens with two attached hydrogens (primary N) is 1. The Morgan fingerprint density at radius 2 is 2.09 bits per heavy atom. The Balaban J connectivity index is 3.02. The fourth-order valence-electron chi connectivity index (χ4n) is 0.732. The summed E-state index contributed by atoms with van der Waals surface area (Å²) in [7, 11) is 1.68. The van der Waals surface area contributed by atoms with Gasteiger partial charge in [0.25, 0.3) is 0 Å². The molecule has 2 N–H and O–H groups in total. The highest BCUT2D eigenvalue weighted by atomic mass is 16.5. The first-order valence-electron chi connectivity index (χ1n) is 4.13. The summed E-state index contributed by atoms with van der Waals surface area (Å²) >= 11 is 0. The van der Waals surface area contributed by atoms with Crippen molar-refractivity contribution in [3.8, 4) is 0 Å². The van der Waals surface area contributed by atoms with Gasteiger partial charge in [0.2, 0.25) is 0 Å². The molecule has 0 saturated heterocycles. The molecule has 0 aliphatic rings. The molecule has 0 fully saturated rings. The fraction of sp³-hybridized carbons (Fsp3) is 1.00. The van der Waals surface area contributed by atoms with Gasteiger partial charge in [-0.25, -0.2) is 0 Å². The topological polar surface area (TPSA) is 44.5 Å². The van der Waals surface area contributed by atoms with Crippen LogP contribution in [-0.2, 0) is 9.47 Å². The van der Waals surface area contributed by atoms with Crippen molar-refractivity contribution in [2.24, 2.45) is 5.73 Å². The van der Waals surface area contributed by atoms with Crippen molar-refractivity contribution < 1.29 is 9.47 Å². The lowest BCUT2D eigenvalue weighted by Gasteiger charge is -2.10. The van der Waals surface area contributed by atoms with E-state index in [2.05, 4.69) is 6.92 Å². The molecule has 1 unspecified atom stereocenters. The molecule has 0 aliphatic carbocycles. The number of hydrogen-bond acceptors (Lipinski definition) is 3. The summed E-state index contributed by atoms with van der Waals surface area (Å²) in [5.41, 5.74) is 5.70. The van der Waals surface area contributed by atoms with Crippen LogP contribution >= 0.6 is 0 Å². The summed E-state index contributed by atoms with van der Waals surface area (Å²) in [6.07, 6.45) is 1.93. The van der Waals surface area contributed by atoms with E-state index in [4.69, 9.17) is 15.2 Å². The molecule has 0 rings (SSSR count). The van der Waals surface area contributed by atoms with Crippen molar-refractivity contribution in [3.63, 3.8) is 0 Å². The van der Waals surface area contributed by atoms with E-state index < -0.39 is 0 Å². The van der Waals surface area contributed by atoms with Crippen LogP contribution in [0.4, 0.5) is 0 Å². The smallest absolute Gasteiger partial charge is 0.0618 e. The van der Waals surface area contributed by atoms with Crippen LogP contribution in [0.1, 0.15) is 19.8 Å². The highest BCUT2D eigenvalue weighted by molar-refractivity contribution is 4.58. The lowest BCUT2D eigenvalue weighted by Crippen LogP contribution is -2.27. The van der Waals surface area contributed by atoms with Gasteiger partial charge >= 0.3 is 0 Å². The molecule has 0 saturated carbocycles. The summed E-state index contributed by atoms with van der Waals surface area (Å²) < 4.78 is 10.1. The maximum atomic E-state index is 5.70. The van der Waals surface area contributed by atoms with Gasteiger partial charge in [-0.2, -0.15) is 0 Å². The average molecular weight is 161 g/mol. The minimum Gasteiger partial charge on any atom is -0.385 e. The average Bonchev–Trinajstić information content (AvgIpc) is 2.01. The molecule has 0 aromatic heterocycles. The fourth-order valence-corrected chi connectivity index (χ4v) is 0.732. The van der Waals surface area contributed by atoms with Crippen molar-refractivity contribution in [3.05, 3.63) is 0 Å². The Morgan fingerprint density at radius 1 is 1.36 bits per heavy atom. The summed E-state index contributed by atoms with van der Waals surface area (Å²) in [5.74, 6) is 0. The second-order valence-corrected chi connectivity index (χ2v) is 2.62. The standard InChI is InChI=1S/C8H19NO2/c1-3-5-11-7-8(9)4-6-10-2/h8H,3-7,9H2,1-2H3. The molecule has 3 nitrogen and oxygen atoms in total. The first-order chi connectivity index (χ1) is 5.31. The van der Waals surface area contributed by atoms with Crippen LogP contribution in [0.5, 0.6) is 0 Å². The minimum absolute atomic E-state index is 0.126. The van der Waals surface area contributed by atoms with Crippen LogP contribution in [0.2, 0.25) is 0 Å². The van der Waals surface area contributed by atoms with Crippen LogP contribution in [0.15, 0.2) is 0 Å². The molecular formula is C8H19NO2. The molecule has 0 radical (unpaired) electrons. The third kappa shape index (κ3) is 7.78. The molecule has 3 heteroatoms. The molecular weight excluding hydrogens is 142 g/mol. The van der Waals surface area contributed by atoms with Crippen molar-refractivity contribution in [1.82, 2.24) is 0 Å². The van der Waals surface area contributed by atoms with Crippen LogP contribution in [0.25, 0.3) is 0 Å². The quantitative estimate of drug-likeness (QED) is 0.561. The van der Waals surface area contributed by atoms with Crippen LogP contribution in [0.3, 0.4) is 0 Å². The van der Waals surface area contributed by atoms with Crippen molar-refractivity contribution >= 4 is 0 Å². The number of ether oxygens (including phenoxy) is 2. The van der Waals surface area contributed by atoms with E-state index in [1.165, 1.54) is 0 Å². The first kappa shape index (κ1) is 10.9. The van der Waals surface area contributed by atoms with Gasteiger partial charge in [0.05, 0.1) is 6.61 Å². The molecule has 0 bridgehead atoms. The van der Waals surface area contributed by atoms with Gasteiger partial charge in [-0.1, -0.05) is 6.92 Å². The van der Waals surface area contributed by atoms with Crippen LogP contribution < -0.4 is 5.73 Å². The first-order valence-corrected chi connectivity index (χ1v) is 4.13. The van der Waals surface area contributed by atoms with E-state index in [1.807, 2.05) is 0 Å². The molecule has 0 spiro atoms. The Morgan fingerprint density at radius 3 is 2.64 bits per heavy atom. The molecule has 1 atom stereocenters. The van der Waals surface area contributed by atoms with Gasteiger partial charge < -0.3 is 15.2 Å². The third-order valence-corrected chi connectivity index (χ3v) is 1.37. The van der Waals surface area contributed by atoms with Gasteiger partial charge in [0.15, 0.2) is 0 Å². The number of rotatable bonds is 7. The van der Waals surface area contributed by atoms with Gasteiger partial charge in [-0.15, -0.1) is 0 Å². The van der Waals surface area contributed by atoms with Gasteiger partial charge in [0.1, 0.15) is 0 Å². The normalized spacial score (nSPS) is 13.4. The second kappa shape index (κ2) is 7.98. The SMILES string of the molecule is CCCOCC(N)CCOC. The number of hydrogen-bond donors (Lipinski definition) is 1. The lowest BCUT2D eigenvalue weighted by atomic mass is 10.2. The predicted octanol–water partition coefficient (Wildman–Crippen LogP) is 0.777. The monoisotopic (exact) mass is 161 g/mol. The molecule has 11 heavy (non-hydrogen) atoms. The van der Waals surface area contributed by atoms with Gasteiger partial charge in [0, 0.05) is 26.4 Å². The Bertz CT molecular complexity index is 78.5. The molecule has 0 amide bonds. The summed E-state index contributed by atoms with van der Waals surface area (Å²) in [6.45, 7) is 4.26. The number of methoxy groups -OCH3 is 1. The maximum absolute atomic E-state index is 5.70. The van der Waals surface area contributed by atoms with E-state index in [0.717, 1.165) is 26.1 Å². The maximum Gasteiger partial charge on any atom is 0.0618 e. The molecule has 68 valence electrons. The van der Waals surface area contributed by atoms with E-state index >= 15 is 0 Å². The summed E-state index contributed by atoms with van der Waals surface area (Å²) in [5, 5.41) is 0. The van der Waals surface area contributed by atoms with Crippen LogP contribution in [-0.4, -0.2) is 33.0 Å². The van der Waals surface area contributed by atoms with Crippen molar-refractivity contribution in [2.75, 3.05) is 26.9 Å². The highest BCUT2D eigenvalue weighted by Gasteiger charge is 2.00. The van der Waals surface area contributed by atoms with E-state index in [0.29, 0.717) is 6.61 Å². The minimum atomic E-state index is 0.126. The van der Waals surface area contributed by atoms with Gasteiger partial charge in [-0.05, 0) is 12.8 Å². The summed E-state index contributed by atoms with van der Waals surface area (Å²) in [6, 6.07) is 0.126. The molecule has 0 aromatic rings. The van der Waals surface area contributed by atoms with E-state index in [9.17, 15) is 0 Å². The van der Waals surface area contributed by atoms with Gasteiger partial charge in [-0.3, -0.25) is 0 Å². The zero-order valence-electron chi connectivity index (χ0n) is 7.51. The summed E-state index contributed by atoms with van der Waals surface area (Å²) in [4.78, 5) is 0. The van der Waals surface area contributed by atoms with Crippen molar-refractivity contribution in [1.29, 1.82) is 0 Å². The Kier molecular flexibility index (Phi) is 7.89. The highest BCUT2D eigenvalue weighted by Crippen LogP contribution is 1.90. The lowest BCUT2D eigenvalue weighted by molar-refractivity contribution is 0.106. The second-order valence-electron chi connectivity index (χ2n) is 2.62. The van der Waals surface area contributed by atoms with E-state index in [-0.39, 0.29) is 6.04 Å². The van der Waals surface area contributed by atoms with Crippen molar-refractivity contribution in [2.45, 2.75) is 25.8 Å². The van der Waals surface area contributed by atoms with E-state index in [1.54, 1.807) is 7.11 Å². The molecule has 0 heterocycles. The predicted molar refractivity (Wildman–Crippen MR) is 45.6 cm³/mol. The molecule has 0 aromatic carbocycles. The zero-order chi connectivity index (χ0) is 8.53.